The molecule has 0 spiro atoms. The summed E-state index contributed by atoms with van der Waals surface area (Å²) in [6.45, 7) is 3.62. The number of nitrogens with one attached hydrogen (secondary N) is 3. The Morgan fingerprint density at radius 1 is 1.06 bits per heavy atom. The Balaban J connectivity index is 1.28. The van der Waals surface area contributed by atoms with Crippen molar-refractivity contribution in [3.63, 3.8) is 0 Å². The minimum absolute atomic E-state index is 0.0984. The van der Waals surface area contributed by atoms with Gasteiger partial charge in [-0.05, 0) is 56.9 Å². The molecular weight excluding hydrogens is 412 g/mol. The molecule has 3 fully saturated rings. The van der Waals surface area contributed by atoms with E-state index >= 15 is 0 Å². The Morgan fingerprint density at radius 2 is 1.94 bits per heavy atom. The number of hydrogen-bond donors (Lipinski definition) is 3. The molecule has 1 aliphatic carbocycles. The zero-order chi connectivity index (χ0) is 22.6. The summed E-state index contributed by atoms with van der Waals surface area (Å²) >= 11 is 0. The first-order chi connectivity index (χ1) is 16.2. The molecule has 2 aromatic rings. The summed E-state index contributed by atoms with van der Waals surface area (Å²) in [5, 5.41) is 3.40. The minimum atomic E-state index is -0.0984. The Labute approximate surface area is 196 Å². The fourth-order valence-corrected chi connectivity index (χ4v) is 5.82. The topological polar surface area (TPSA) is 82.2 Å². The molecule has 0 radical (unpaired) electrons. The molecule has 2 aliphatic heterocycles. The highest BCUT2D eigenvalue weighted by atomic mass is 16.2. The zero-order valence-corrected chi connectivity index (χ0v) is 19.6. The van der Waals surface area contributed by atoms with Gasteiger partial charge in [0, 0.05) is 54.2 Å². The normalized spacial score (nSPS) is 28.0. The second-order valence-electron chi connectivity index (χ2n) is 9.91. The van der Waals surface area contributed by atoms with Crippen molar-refractivity contribution in [2.75, 3.05) is 18.4 Å². The number of hydrazine groups is 1. The zero-order valence-electron chi connectivity index (χ0n) is 19.6. The van der Waals surface area contributed by atoms with Crippen molar-refractivity contribution in [3.05, 3.63) is 47.9 Å². The lowest BCUT2D eigenvalue weighted by Gasteiger charge is -2.35. The largest absolute Gasteiger partial charge is 0.341 e. The molecule has 3 N–H and O–H groups in total. The molecule has 2 saturated heterocycles. The molecule has 7 heteroatoms. The second kappa shape index (κ2) is 10.2. The summed E-state index contributed by atoms with van der Waals surface area (Å²) in [7, 11) is 0. The SMILES string of the molecule is Cc1cc(Nc2ccccn2)cc(C2CCCN(C(=O)C3NNC4CCCCCCC43)C2)n1. The van der Waals surface area contributed by atoms with Gasteiger partial charge >= 0.3 is 0 Å². The third-order valence-electron chi connectivity index (χ3n) is 7.50. The highest BCUT2D eigenvalue weighted by molar-refractivity contribution is 5.83. The molecular formula is C26H36N6O. The number of pyridine rings is 2. The molecule has 1 saturated carbocycles. The lowest BCUT2D eigenvalue weighted by atomic mass is 9.83. The molecule has 0 aromatic carbocycles. The summed E-state index contributed by atoms with van der Waals surface area (Å²) in [5.74, 6) is 1.75. The highest BCUT2D eigenvalue weighted by Gasteiger charge is 2.42. The van der Waals surface area contributed by atoms with E-state index in [0.717, 1.165) is 55.2 Å². The number of likely N-dealkylation sites (tertiary alicyclic amines) is 1. The van der Waals surface area contributed by atoms with Crippen molar-refractivity contribution >= 4 is 17.4 Å². The van der Waals surface area contributed by atoms with Gasteiger partial charge in [0.05, 0.1) is 0 Å². The first-order valence-electron chi connectivity index (χ1n) is 12.6. The van der Waals surface area contributed by atoms with Crippen LogP contribution in [0.1, 0.15) is 68.7 Å². The summed E-state index contributed by atoms with van der Waals surface area (Å²) < 4.78 is 0. The first kappa shape index (κ1) is 22.3. The van der Waals surface area contributed by atoms with Gasteiger partial charge in [-0.15, -0.1) is 0 Å². The number of rotatable bonds is 4. The third kappa shape index (κ3) is 5.20. The van der Waals surface area contributed by atoms with Crippen molar-refractivity contribution in [3.8, 4) is 0 Å². The van der Waals surface area contributed by atoms with Crippen LogP contribution in [-0.4, -0.2) is 45.9 Å². The molecule has 4 heterocycles. The van der Waals surface area contributed by atoms with Gasteiger partial charge in [-0.2, -0.15) is 0 Å². The number of fused-ring (bicyclic) bond motifs is 1. The van der Waals surface area contributed by atoms with E-state index in [0.29, 0.717) is 12.0 Å². The summed E-state index contributed by atoms with van der Waals surface area (Å²) in [6, 6.07) is 10.4. The Kier molecular flexibility index (Phi) is 6.88. The molecule has 3 aliphatic rings. The molecule has 5 rings (SSSR count). The van der Waals surface area contributed by atoms with Crippen LogP contribution in [0.2, 0.25) is 0 Å². The van der Waals surface area contributed by atoms with Crippen LogP contribution in [0.5, 0.6) is 0 Å². The fourth-order valence-electron chi connectivity index (χ4n) is 5.82. The number of piperidine rings is 1. The smallest absolute Gasteiger partial charge is 0.241 e. The number of carbonyl (C=O) groups excluding carboxylic acids is 1. The minimum Gasteiger partial charge on any atom is -0.341 e. The van der Waals surface area contributed by atoms with E-state index in [1.165, 1.54) is 32.1 Å². The van der Waals surface area contributed by atoms with Gasteiger partial charge in [-0.25, -0.2) is 10.4 Å². The van der Waals surface area contributed by atoms with Crippen LogP contribution < -0.4 is 16.2 Å². The van der Waals surface area contributed by atoms with Crippen molar-refractivity contribution in [1.29, 1.82) is 0 Å². The van der Waals surface area contributed by atoms with Crippen LogP contribution in [-0.2, 0) is 4.79 Å². The van der Waals surface area contributed by atoms with Gasteiger partial charge in [0.15, 0.2) is 0 Å². The van der Waals surface area contributed by atoms with E-state index in [4.69, 9.17) is 4.98 Å². The van der Waals surface area contributed by atoms with Gasteiger partial charge in [0.2, 0.25) is 5.91 Å². The van der Waals surface area contributed by atoms with Crippen LogP contribution in [0.15, 0.2) is 36.5 Å². The van der Waals surface area contributed by atoms with E-state index < -0.39 is 0 Å². The molecule has 4 atom stereocenters. The van der Waals surface area contributed by atoms with Crippen molar-refractivity contribution in [2.45, 2.75) is 76.3 Å². The lowest BCUT2D eigenvalue weighted by Crippen LogP contribution is -2.50. The van der Waals surface area contributed by atoms with Crippen LogP contribution in [0.25, 0.3) is 0 Å². The van der Waals surface area contributed by atoms with Gasteiger partial charge in [-0.3, -0.25) is 15.2 Å². The number of hydrogen-bond acceptors (Lipinski definition) is 6. The molecule has 7 nitrogen and oxygen atoms in total. The first-order valence-corrected chi connectivity index (χ1v) is 12.6. The second-order valence-corrected chi connectivity index (χ2v) is 9.91. The molecule has 1 amide bonds. The predicted molar refractivity (Wildman–Crippen MR) is 130 cm³/mol. The monoisotopic (exact) mass is 448 g/mol. The summed E-state index contributed by atoms with van der Waals surface area (Å²) in [4.78, 5) is 24.9. The maximum Gasteiger partial charge on any atom is 0.241 e. The predicted octanol–water partition coefficient (Wildman–Crippen LogP) is 4.05. The lowest BCUT2D eigenvalue weighted by molar-refractivity contribution is -0.135. The van der Waals surface area contributed by atoms with Crippen LogP contribution in [0, 0.1) is 12.8 Å². The molecule has 4 unspecified atom stereocenters. The molecule has 33 heavy (non-hydrogen) atoms. The number of anilines is 2. The van der Waals surface area contributed by atoms with E-state index in [1.807, 2.05) is 31.2 Å². The highest BCUT2D eigenvalue weighted by Crippen LogP contribution is 2.32. The maximum atomic E-state index is 13.6. The van der Waals surface area contributed by atoms with Gasteiger partial charge in [-0.1, -0.05) is 31.7 Å². The van der Waals surface area contributed by atoms with E-state index in [1.54, 1.807) is 6.20 Å². The van der Waals surface area contributed by atoms with Crippen LogP contribution in [0.4, 0.5) is 11.5 Å². The van der Waals surface area contributed by atoms with Crippen molar-refractivity contribution in [2.24, 2.45) is 5.92 Å². The van der Waals surface area contributed by atoms with E-state index in [2.05, 4.69) is 32.1 Å². The third-order valence-corrected chi connectivity index (χ3v) is 7.50. The summed E-state index contributed by atoms with van der Waals surface area (Å²) in [6.07, 6.45) is 11.3. The van der Waals surface area contributed by atoms with Crippen molar-refractivity contribution < 1.29 is 4.79 Å². The number of carbonyl (C=O) groups is 1. The van der Waals surface area contributed by atoms with Crippen LogP contribution >= 0.6 is 0 Å². The quantitative estimate of drug-likeness (QED) is 0.655. The average Bonchev–Trinajstić information content (AvgIpc) is 3.20. The van der Waals surface area contributed by atoms with Crippen molar-refractivity contribution in [1.82, 2.24) is 25.7 Å². The van der Waals surface area contributed by atoms with Gasteiger partial charge in [0.25, 0.3) is 0 Å². The van der Waals surface area contributed by atoms with E-state index in [-0.39, 0.29) is 17.9 Å². The average molecular weight is 449 g/mol. The van der Waals surface area contributed by atoms with Gasteiger partial charge < -0.3 is 10.2 Å². The van der Waals surface area contributed by atoms with Crippen LogP contribution in [0.3, 0.4) is 0 Å². The molecule has 2 aromatic heterocycles. The number of amides is 1. The molecule has 0 bridgehead atoms. The number of nitrogens with zero attached hydrogens (tertiary/aromatic N) is 3. The fraction of sp³-hybridized carbons (Fsp3) is 0.577. The number of aryl methyl sites for hydroxylation is 1. The Hall–Kier alpha value is -2.51. The van der Waals surface area contributed by atoms with Gasteiger partial charge in [0.1, 0.15) is 11.9 Å². The Morgan fingerprint density at radius 3 is 2.79 bits per heavy atom. The van der Waals surface area contributed by atoms with E-state index in [9.17, 15) is 4.79 Å². The Bertz CT molecular complexity index is 951. The molecule has 176 valence electrons. The summed E-state index contributed by atoms with van der Waals surface area (Å²) in [5.41, 5.74) is 9.87. The maximum absolute atomic E-state index is 13.6. The standard InChI is InChI=1S/C26H36N6O/c1-18-15-20(29-24-12-6-7-13-27-24)16-23(28-18)19-9-8-14-32(17-19)26(33)25-21-10-4-2-3-5-11-22(21)30-31-25/h6-7,12-13,15-16,19,21-22,25,30-31H,2-5,8-11,14,17H2,1H3,(H,27,28,29). The number of aromatic nitrogens is 2.